The maximum atomic E-state index is 11.8. The summed E-state index contributed by atoms with van der Waals surface area (Å²) in [6.45, 7) is 6.91. The van der Waals surface area contributed by atoms with Crippen molar-refractivity contribution < 1.29 is 14.3 Å². The van der Waals surface area contributed by atoms with Crippen LogP contribution in [0, 0.1) is 5.41 Å². The highest BCUT2D eigenvalue weighted by Crippen LogP contribution is 2.54. The van der Waals surface area contributed by atoms with Crippen molar-refractivity contribution in [3.8, 4) is 0 Å². The summed E-state index contributed by atoms with van der Waals surface area (Å²) in [6.07, 6.45) is 3.13. The Bertz CT molecular complexity index is 382. The molecule has 1 heterocycles. The number of nitrogens with zero attached hydrogens (tertiary/aromatic N) is 2. The van der Waals surface area contributed by atoms with Crippen LogP contribution in [-0.2, 0) is 9.53 Å². The highest BCUT2D eigenvalue weighted by molar-refractivity contribution is 5.68. The molecular formula is C12H18N2O3. The van der Waals surface area contributed by atoms with Crippen molar-refractivity contribution in [3.05, 3.63) is 0 Å². The molecule has 1 aliphatic heterocycles. The van der Waals surface area contributed by atoms with Gasteiger partial charge >= 0.3 is 6.09 Å². The number of carbonyl (C=O) groups is 1. The normalized spacial score (nSPS) is 31.2. The van der Waals surface area contributed by atoms with Gasteiger partial charge in [-0.1, -0.05) is 0 Å². The van der Waals surface area contributed by atoms with Crippen molar-refractivity contribution in [2.45, 2.75) is 45.3 Å². The van der Waals surface area contributed by atoms with E-state index in [4.69, 9.17) is 4.74 Å². The number of aliphatic imine (C=N–C) groups is 1. The van der Waals surface area contributed by atoms with Gasteiger partial charge in [-0.2, -0.15) is 0 Å². The molecule has 17 heavy (non-hydrogen) atoms. The van der Waals surface area contributed by atoms with Gasteiger partial charge in [-0.3, -0.25) is 0 Å². The van der Waals surface area contributed by atoms with E-state index in [2.05, 4.69) is 4.99 Å². The van der Waals surface area contributed by atoms with Gasteiger partial charge in [-0.25, -0.2) is 14.6 Å². The summed E-state index contributed by atoms with van der Waals surface area (Å²) >= 11 is 0. The number of hydrogen-bond acceptors (Lipinski definition) is 4. The average Bonchev–Trinajstić information content (AvgIpc) is 2.67. The van der Waals surface area contributed by atoms with Crippen molar-refractivity contribution >= 4 is 12.2 Å². The average molecular weight is 238 g/mol. The fourth-order valence-electron chi connectivity index (χ4n) is 2.39. The molecule has 5 heteroatoms. The van der Waals surface area contributed by atoms with E-state index in [1.54, 1.807) is 11.0 Å². The standard InChI is InChI=1S/C12H18N2O3/c1-11(2,3)17-10(16)14-5-4-12(7-14)6-9(12)13-8-15/h9H,4-7H2,1-3H3. The summed E-state index contributed by atoms with van der Waals surface area (Å²) < 4.78 is 5.32. The van der Waals surface area contributed by atoms with E-state index in [0.717, 1.165) is 12.8 Å². The molecule has 1 spiro atoms. The highest BCUT2D eigenvalue weighted by Gasteiger charge is 2.59. The summed E-state index contributed by atoms with van der Waals surface area (Å²) in [7, 11) is 0. The Kier molecular flexibility index (Phi) is 2.74. The fraction of sp³-hybridized carbons (Fsp3) is 0.833. The predicted octanol–water partition coefficient (Wildman–Crippen LogP) is 1.72. The molecule has 1 amide bonds. The van der Waals surface area contributed by atoms with Crippen LogP contribution >= 0.6 is 0 Å². The largest absolute Gasteiger partial charge is 0.444 e. The van der Waals surface area contributed by atoms with Crippen molar-refractivity contribution in [2.24, 2.45) is 10.4 Å². The van der Waals surface area contributed by atoms with E-state index < -0.39 is 5.60 Å². The lowest BCUT2D eigenvalue weighted by Gasteiger charge is -2.24. The summed E-state index contributed by atoms with van der Waals surface area (Å²) in [6, 6.07) is 0.0624. The lowest BCUT2D eigenvalue weighted by molar-refractivity contribution is 0.0285. The molecule has 0 aromatic carbocycles. The highest BCUT2D eigenvalue weighted by atomic mass is 16.6. The van der Waals surface area contributed by atoms with Crippen LogP contribution in [0.4, 0.5) is 4.79 Å². The molecule has 0 radical (unpaired) electrons. The van der Waals surface area contributed by atoms with Gasteiger partial charge in [0.1, 0.15) is 5.60 Å². The lowest BCUT2D eigenvalue weighted by atomic mass is 10.1. The minimum Gasteiger partial charge on any atom is -0.444 e. The second kappa shape index (κ2) is 3.84. The van der Waals surface area contributed by atoms with E-state index in [9.17, 15) is 9.59 Å². The van der Waals surface area contributed by atoms with Crippen LogP contribution in [0.15, 0.2) is 4.99 Å². The summed E-state index contributed by atoms with van der Waals surface area (Å²) in [5.74, 6) is 0. The number of rotatable bonds is 1. The van der Waals surface area contributed by atoms with Crippen LogP contribution in [0.5, 0.6) is 0 Å². The molecule has 2 rings (SSSR count). The Morgan fingerprint density at radius 1 is 1.53 bits per heavy atom. The van der Waals surface area contributed by atoms with Gasteiger partial charge in [0.15, 0.2) is 0 Å². The Morgan fingerprint density at radius 3 is 2.82 bits per heavy atom. The number of amides is 1. The molecule has 2 fully saturated rings. The molecular weight excluding hydrogens is 220 g/mol. The van der Waals surface area contributed by atoms with Crippen molar-refractivity contribution in [3.63, 3.8) is 0 Å². The molecule has 2 unspecified atom stereocenters. The summed E-state index contributed by atoms with van der Waals surface area (Å²) in [5, 5.41) is 0. The number of likely N-dealkylation sites (tertiary alicyclic amines) is 1. The number of isocyanates is 1. The van der Waals surface area contributed by atoms with Crippen molar-refractivity contribution in [1.29, 1.82) is 0 Å². The van der Waals surface area contributed by atoms with E-state index in [0.29, 0.717) is 13.1 Å². The Hall–Kier alpha value is -1.35. The van der Waals surface area contributed by atoms with Crippen LogP contribution in [0.2, 0.25) is 0 Å². The molecule has 0 aromatic rings. The van der Waals surface area contributed by atoms with Gasteiger partial charge in [0, 0.05) is 18.5 Å². The van der Waals surface area contributed by atoms with E-state index in [1.807, 2.05) is 20.8 Å². The fourth-order valence-corrected chi connectivity index (χ4v) is 2.39. The van der Waals surface area contributed by atoms with Gasteiger partial charge in [-0.05, 0) is 33.6 Å². The second-order valence-electron chi connectivity index (χ2n) is 5.95. The third-order valence-corrected chi connectivity index (χ3v) is 3.39. The number of ether oxygens (including phenoxy) is 1. The molecule has 2 atom stereocenters. The minimum absolute atomic E-state index is 0.0360. The first-order chi connectivity index (χ1) is 7.86. The van der Waals surface area contributed by atoms with E-state index in [-0.39, 0.29) is 17.6 Å². The van der Waals surface area contributed by atoms with Gasteiger partial charge in [0.05, 0.1) is 6.04 Å². The molecule has 1 saturated carbocycles. The molecule has 0 bridgehead atoms. The maximum Gasteiger partial charge on any atom is 0.410 e. The molecule has 94 valence electrons. The Labute approximate surface area is 101 Å². The third-order valence-electron chi connectivity index (χ3n) is 3.39. The van der Waals surface area contributed by atoms with E-state index >= 15 is 0 Å². The van der Waals surface area contributed by atoms with Crippen LogP contribution in [0.1, 0.15) is 33.6 Å². The van der Waals surface area contributed by atoms with Gasteiger partial charge in [0.2, 0.25) is 6.08 Å². The zero-order valence-electron chi connectivity index (χ0n) is 10.5. The van der Waals surface area contributed by atoms with Gasteiger partial charge < -0.3 is 9.64 Å². The quantitative estimate of drug-likeness (QED) is 0.516. The first-order valence-electron chi connectivity index (χ1n) is 5.91. The Balaban J connectivity index is 1.91. The predicted molar refractivity (Wildman–Crippen MR) is 61.4 cm³/mol. The maximum absolute atomic E-state index is 11.8. The SMILES string of the molecule is CC(C)(C)OC(=O)N1CCC2(CC2N=C=O)C1. The van der Waals surface area contributed by atoms with Crippen molar-refractivity contribution in [2.75, 3.05) is 13.1 Å². The molecule has 5 nitrogen and oxygen atoms in total. The smallest absolute Gasteiger partial charge is 0.410 e. The summed E-state index contributed by atoms with van der Waals surface area (Å²) in [5.41, 5.74) is -0.426. The van der Waals surface area contributed by atoms with Gasteiger partial charge in [0.25, 0.3) is 0 Å². The van der Waals surface area contributed by atoms with Crippen molar-refractivity contribution in [1.82, 2.24) is 4.90 Å². The number of hydrogen-bond donors (Lipinski definition) is 0. The zero-order valence-corrected chi connectivity index (χ0v) is 10.5. The van der Waals surface area contributed by atoms with Gasteiger partial charge in [-0.15, -0.1) is 0 Å². The second-order valence-corrected chi connectivity index (χ2v) is 5.95. The van der Waals surface area contributed by atoms with Crippen LogP contribution < -0.4 is 0 Å². The topological polar surface area (TPSA) is 59.0 Å². The molecule has 0 N–H and O–H groups in total. The van der Waals surface area contributed by atoms with E-state index in [1.165, 1.54) is 0 Å². The Morgan fingerprint density at radius 2 is 2.24 bits per heavy atom. The summed E-state index contributed by atoms with van der Waals surface area (Å²) in [4.78, 5) is 27.5. The molecule has 0 aromatic heterocycles. The lowest BCUT2D eigenvalue weighted by Crippen LogP contribution is -2.35. The first-order valence-corrected chi connectivity index (χ1v) is 5.91. The van der Waals surface area contributed by atoms with Crippen LogP contribution in [-0.4, -0.2) is 41.8 Å². The molecule has 1 saturated heterocycles. The molecule has 2 aliphatic rings. The third kappa shape index (κ3) is 2.50. The monoisotopic (exact) mass is 238 g/mol. The van der Waals surface area contributed by atoms with Crippen LogP contribution in [0.3, 0.4) is 0 Å². The molecule has 1 aliphatic carbocycles. The minimum atomic E-state index is -0.462. The zero-order chi connectivity index (χ0) is 12.7. The first kappa shape index (κ1) is 12.1. The van der Waals surface area contributed by atoms with Crippen LogP contribution in [0.25, 0.3) is 0 Å². The number of carbonyl (C=O) groups excluding carboxylic acids is 2.